The van der Waals surface area contributed by atoms with E-state index in [4.69, 9.17) is 4.42 Å². The minimum atomic E-state index is -0.394. The summed E-state index contributed by atoms with van der Waals surface area (Å²) in [5.74, 6) is 0.0138. The van der Waals surface area contributed by atoms with Gasteiger partial charge >= 0.3 is 5.76 Å². The standard InChI is InChI=1S/C7H12N2O2.CH4/c1-5-8-9(6(10)11-5)7(2,3)4;/h1-4H3;1H4. The van der Waals surface area contributed by atoms with Crippen LogP contribution in [0.1, 0.15) is 34.1 Å². The molecule has 0 bridgehead atoms. The smallest absolute Gasteiger partial charge is 0.393 e. The van der Waals surface area contributed by atoms with Crippen molar-refractivity contribution in [3.8, 4) is 0 Å². The van der Waals surface area contributed by atoms with E-state index in [1.165, 1.54) is 4.68 Å². The van der Waals surface area contributed by atoms with Crippen LogP contribution < -0.4 is 5.76 Å². The summed E-state index contributed by atoms with van der Waals surface area (Å²) in [6.45, 7) is 7.35. The summed E-state index contributed by atoms with van der Waals surface area (Å²) in [6.07, 6.45) is 0. The van der Waals surface area contributed by atoms with Gasteiger partial charge in [-0.2, -0.15) is 4.68 Å². The molecule has 0 saturated heterocycles. The second-order valence-electron chi connectivity index (χ2n) is 3.47. The Labute approximate surface area is 72.2 Å². The molecule has 1 rings (SSSR count). The van der Waals surface area contributed by atoms with Gasteiger partial charge in [0.1, 0.15) is 0 Å². The lowest BCUT2D eigenvalue weighted by Gasteiger charge is -2.15. The maximum Gasteiger partial charge on any atom is 0.437 e. The molecular formula is C8H16N2O2. The molecule has 1 aromatic heterocycles. The summed E-state index contributed by atoms with van der Waals surface area (Å²) in [5.41, 5.74) is -0.297. The molecule has 4 heteroatoms. The lowest BCUT2D eigenvalue weighted by molar-refractivity contribution is 0.325. The molecule has 0 atom stereocenters. The lowest BCUT2D eigenvalue weighted by Crippen LogP contribution is -2.32. The fraction of sp³-hybridized carbons (Fsp3) is 0.750. The lowest BCUT2D eigenvalue weighted by atomic mass is 10.1. The number of hydrogen-bond donors (Lipinski definition) is 0. The van der Waals surface area contributed by atoms with Crippen LogP contribution in [0.2, 0.25) is 0 Å². The second kappa shape index (κ2) is 3.13. The van der Waals surface area contributed by atoms with Gasteiger partial charge in [-0.15, -0.1) is 5.10 Å². The van der Waals surface area contributed by atoms with Crippen LogP contribution in [0.5, 0.6) is 0 Å². The Morgan fingerprint density at radius 1 is 1.42 bits per heavy atom. The Bertz CT molecular complexity index is 304. The number of nitrogens with zero attached hydrogens (tertiary/aromatic N) is 2. The number of hydrogen-bond acceptors (Lipinski definition) is 3. The molecule has 0 aliphatic heterocycles. The Balaban J connectivity index is 0.00000121. The van der Waals surface area contributed by atoms with Crippen molar-refractivity contribution in [2.75, 3.05) is 0 Å². The zero-order chi connectivity index (χ0) is 8.65. The van der Waals surface area contributed by atoms with E-state index in [2.05, 4.69) is 5.10 Å². The number of rotatable bonds is 0. The monoisotopic (exact) mass is 172 g/mol. The van der Waals surface area contributed by atoms with Crippen molar-refractivity contribution in [2.45, 2.75) is 40.7 Å². The largest absolute Gasteiger partial charge is 0.437 e. The highest BCUT2D eigenvalue weighted by atomic mass is 16.4. The molecule has 4 nitrogen and oxygen atoms in total. The van der Waals surface area contributed by atoms with Crippen LogP contribution in [0.4, 0.5) is 0 Å². The maximum atomic E-state index is 11.0. The third-order valence-corrected chi connectivity index (χ3v) is 1.28. The van der Waals surface area contributed by atoms with Gasteiger partial charge in [0.25, 0.3) is 0 Å². The van der Waals surface area contributed by atoms with E-state index >= 15 is 0 Å². The molecule has 0 amide bonds. The Morgan fingerprint density at radius 2 is 1.92 bits per heavy atom. The highest BCUT2D eigenvalue weighted by Gasteiger charge is 2.18. The first kappa shape index (κ1) is 10.9. The molecule has 12 heavy (non-hydrogen) atoms. The van der Waals surface area contributed by atoms with E-state index in [-0.39, 0.29) is 13.0 Å². The van der Waals surface area contributed by atoms with E-state index in [0.717, 1.165) is 0 Å². The fourth-order valence-corrected chi connectivity index (χ4v) is 0.796. The van der Waals surface area contributed by atoms with Gasteiger partial charge in [0, 0.05) is 6.92 Å². The van der Waals surface area contributed by atoms with Crippen LogP contribution in [0.25, 0.3) is 0 Å². The van der Waals surface area contributed by atoms with Gasteiger partial charge in [-0.05, 0) is 20.8 Å². The van der Waals surface area contributed by atoms with Gasteiger partial charge in [0.15, 0.2) is 0 Å². The van der Waals surface area contributed by atoms with Crippen LogP contribution in [-0.2, 0) is 5.54 Å². The van der Waals surface area contributed by atoms with Gasteiger partial charge in [-0.3, -0.25) is 0 Å². The molecule has 0 aromatic carbocycles. The van der Waals surface area contributed by atoms with Crippen molar-refractivity contribution in [1.82, 2.24) is 9.78 Å². The minimum absolute atomic E-state index is 0. The highest BCUT2D eigenvalue weighted by molar-refractivity contribution is 4.75. The van der Waals surface area contributed by atoms with Crippen LogP contribution >= 0.6 is 0 Å². The van der Waals surface area contributed by atoms with Crippen molar-refractivity contribution < 1.29 is 4.42 Å². The summed E-state index contributed by atoms with van der Waals surface area (Å²) in [4.78, 5) is 11.0. The van der Waals surface area contributed by atoms with Crippen molar-refractivity contribution >= 4 is 0 Å². The van der Waals surface area contributed by atoms with E-state index in [0.29, 0.717) is 5.89 Å². The molecule has 1 aromatic rings. The molecule has 0 spiro atoms. The summed E-state index contributed by atoms with van der Waals surface area (Å²) in [6, 6.07) is 0. The third-order valence-electron chi connectivity index (χ3n) is 1.28. The van der Waals surface area contributed by atoms with Crippen molar-refractivity contribution in [2.24, 2.45) is 0 Å². The van der Waals surface area contributed by atoms with Crippen LogP contribution in [0.3, 0.4) is 0 Å². The summed E-state index contributed by atoms with van der Waals surface area (Å²) in [7, 11) is 0. The molecule has 0 N–H and O–H groups in total. The predicted octanol–water partition coefficient (Wildman–Crippen LogP) is 1.54. The van der Waals surface area contributed by atoms with E-state index in [1.807, 2.05) is 20.8 Å². The van der Waals surface area contributed by atoms with E-state index in [9.17, 15) is 4.79 Å². The average molecular weight is 172 g/mol. The van der Waals surface area contributed by atoms with Gasteiger partial charge in [-0.1, -0.05) is 7.43 Å². The second-order valence-corrected chi connectivity index (χ2v) is 3.47. The van der Waals surface area contributed by atoms with Crippen molar-refractivity contribution in [3.63, 3.8) is 0 Å². The van der Waals surface area contributed by atoms with Gasteiger partial charge < -0.3 is 4.42 Å². The Morgan fingerprint density at radius 3 is 2.08 bits per heavy atom. The van der Waals surface area contributed by atoms with Crippen molar-refractivity contribution in [1.29, 1.82) is 0 Å². The third kappa shape index (κ3) is 1.96. The maximum absolute atomic E-state index is 11.0. The molecule has 0 fully saturated rings. The highest BCUT2D eigenvalue weighted by Crippen LogP contribution is 2.08. The van der Waals surface area contributed by atoms with Gasteiger partial charge in [0.2, 0.25) is 5.89 Å². The zero-order valence-corrected chi connectivity index (χ0v) is 7.21. The minimum Gasteiger partial charge on any atom is -0.393 e. The Kier molecular flexibility index (Phi) is 2.85. The van der Waals surface area contributed by atoms with E-state index < -0.39 is 5.76 Å². The topological polar surface area (TPSA) is 48.0 Å². The molecule has 0 aliphatic rings. The van der Waals surface area contributed by atoms with Gasteiger partial charge in [-0.25, -0.2) is 4.79 Å². The average Bonchev–Trinajstić information content (AvgIpc) is 2.08. The fourth-order valence-electron chi connectivity index (χ4n) is 0.796. The molecule has 0 saturated carbocycles. The summed E-state index contributed by atoms with van der Waals surface area (Å²) >= 11 is 0. The van der Waals surface area contributed by atoms with Crippen LogP contribution in [-0.4, -0.2) is 9.78 Å². The van der Waals surface area contributed by atoms with Gasteiger partial charge in [0.05, 0.1) is 5.54 Å². The molecular weight excluding hydrogens is 156 g/mol. The summed E-state index contributed by atoms with van der Waals surface area (Å²) < 4.78 is 6.07. The number of aryl methyl sites for hydroxylation is 1. The predicted molar refractivity (Wildman–Crippen MR) is 47.2 cm³/mol. The quantitative estimate of drug-likeness (QED) is 0.596. The SMILES string of the molecule is C.Cc1nn(C(C)(C)C)c(=O)o1. The normalized spacial score (nSPS) is 11.0. The zero-order valence-electron chi connectivity index (χ0n) is 7.21. The van der Waals surface area contributed by atoms with Crippen molar-refractivity contribution in [3.05, 3.63) is 16.4 Å². The Hall–Kier alpha value is -1.06. The molecule has 1 heterocycles. The summed E-state index contributed by atoms with van der Waals surface area (Å²) in [5, 5.41) is 3.92. The molecule has 0 radical (unpaired) electrons. The van der Waals surface area contributed by atoms with Crippen LogP contribution in [0, 0.1) is 6.92 Å². The van der Waals surface area contributed by atoms with Crippen LogP contribution in [0.15, 0.2) is 9.21 Å². The number of aromatic nitrogens is 2. The first-order valence-corrected chi connectivity index (χ1v) is 3.48. The molecule has 70 valence electrons. The first-order valence-electron chi connectivity index (χ1n) is 3.48. The molecule has 0 unspecified atom stereocenters. The first-order chi connectivity index (χ1) is 4.91. The molecule has 0 aliphatic carbocycles. The van der Waals surface area contributed by atoms with E-state index in [1.54, 1.807) is 6.92 Å².